The molecule has 1 unspecified atom stereocenters. The van der Waals surface area contributed by atoms with E-state index in [1.165, 1.54) is 6.07 Å². The maximum atomic E-state index is 15.0. The average Bonchev–Trinajstić information content (AvgIpc) is 3.03. The van der Waals surface area contributed by atoms with E-state index in [0.717, 1.165) is 51.5 Å². The fraction of sp³-hybridized carbons (Fsp3) is 0.667. The summed E-state index contributed by atoms with van der Waals surface area (Å²) in [4.78, 5) is 29.2. The lowest BCUT2D eigenvalue weighted by Crippen LogP contribution is -2.50. The van der Waals surface area contributed by atoms with Crippen molar-refractivity contribution in [3.63, 3.8) is 0 Å². The van der Waals surface area contributed by atoms with Crippen LogP contribution in [0.3, 0.4) is 0 Å². The van der Waals surface area contributed by atoms with Crippen molar-refractivity contribution in [2.24, 2.45) is 5.41 Å². The molecular formula is C24H34FN3O4. The summed E-state index contributed by atoms with van der Waals surface area (Å²) >= 11 is 0. The molecule has 8 heteroatoms. The zero-order valence-corrected chi connectivity index (χ0v) is 19.0. The molecule has 0 aromatic heterocycles. The van der Waals surface area contributed by atoms with E-state index < -0.39 is 17.3 Å². The molecule has 2 aliphatic heterocycles. The number of ether oxygens (including phenoxy) is 1. The number of hydrogen-bond acceptors (Lipinski definition) is 5. The summed E-state index contributed by atoms with van der Waals surface area (Å²) in [7, 11) is 0. The molecule has 1 atom stereocenters. The first-order valence-corrected chi connectivity index (χ1v) is 11.8. The zero-order chi connectivity index (χ0) is 22.9. The summed E-state index contributed by atoms with van der Waals surface area (Å²) in [5.41, 5.74) is -0.0275. The van der Waals surface area contributed by atoms with Crippen LogP contribution < -0.4 is 15.0 Å². The second-order valence-corrected chi connectivity index (χ2v) is 9.82. The minimum absolute atomic E-state index is 0.0710. The third-order valence-corrected chi connectivity index (χ3v) is 7.11. The van der Waals surface area contributed by atoms with Crippen LogP contribution in [-0.4, -0.2) is 59.8 Å². The van der Waals surface area contributed by atoms with Crippen LogP contribution in [0, 0.1) is 11.2 Å². The first-order valence-electron chi connectivity index (χ1n) is 11.8. The Bertz CT molecular complexity index is 856. The first kappa shape index (κ1) is 22.8. The van der Waals surface area contributed by atoms with Crippen molar-refractivity contribution in [1.29, 1.82) is 0 Å². The number of nitrogens with zero attached hydrogens (tertiary/aromatic N) is 2. The Kier molecular flexibility index (Phi) is 6.60. The molecule has 176 valence electrons. The van der Waals surface area contributed by atoms with E-state index in [4.69, 9.17) is 4.74 Å². The predicted octanol–water partition coefficient (Wildman–Crippen LogP) is 3.44. The van der Waals surface area contributed by atoms with E-state index in [-0.39, 0.29) is 29.8 Å². The van der Waals surface area contributed by atoms with E-state index >= 15 is 0 Å². The quantitative estimate of drug-likeness (QED) is 0.739. The lowest BCUT2D eigenvalue weighted by molar-refractivity contribution is -0.139. The van der Waals surface area contributed by atoms with Crippen LogP contribution in [-0.2, 0) is 4.79 Å². The lowest BCUT2D eigenvalue weighted by Gasteiger charge is -2.41. The van der Waals surface area contributed by atoms with Crippen LogP contribution in [0.5, 0.6) is 5.75 Å². The molecule has 2 heterocycles. The number of nitrogens with one attached hydrogen (secondary N) is 1. The Balaban J connectivity index is 1.44. The molecule has 32 heavy (non-hydrogen) atoms. The minimum atomic E-state index is -0.615. The number of rotatable bonds is 4. The molecule has 0 bridgehead atoms. The number of anilines is 1. The molecular weight excluding hydrogens is 413 g/mol. The van der Waals surface area contributed by atoms with Crippen LogP contribution in [0.2, 0.25) is 0 Å². The maximum absolute atomic E-state index is 15.0. The number of likely N-dealkylation sites (tertiary alicyclic amines) is 1. The number of aliphatic hydroxyl groups is 1. The molecule has 1 aromatic rings. The van der Waals surface area contributed by atoms with Crippen LogP contribution in [0.4, 0.5) is 14.9 Å². The molecule has 4 rings (SSSR count). The Hall–Kier alpha value is -2.35. The zero-order valence-electron chi connectivity index (χ0n) is 19.0. The summed E-state index contributed by atoms with van der Waals surface area (Å²) in [6.07, 6.45) is 4.81. The van der Waals surface area contributed by atoms with Crippen molar-refractivity contribution in [3.8, 4) is 5.75 Å². The van der Waals surface area contributed by atoms with Gasteiger partial charge < -0.3 is 25.0 Å². The van der Waals surface area contributed by atoms with Gasteiger partial charge in [-0.05, 0) is 70.9 Å². The fourth-order valence-electron chi connectivity index (χ4n) is 5.46. The lowest BCUT2D eigenvalue weighted by atomic mass is 9.78. The smallest absolute Gasteiger partial charge is 0.410 e. The molecule has 2 saturated heterocycles. The molecule has 1 aliphatic carbocycles. The topological polar surface area (TPSA) is 82.1 Å². The molecule has 1 aromatic carbocycles. The van der Waals surface area contributed by atoms with Gasteiger partial charge in [0, 0.05) is 37.8 Å². The number of hydrogen-bond donors (Lipinski definition) is 2. The standard InChI is InChI=1S/C24H34FN3O4/c1-16(2)26-23(31)32-19-8-9-21(20(25)14-19)27-12-3-10-24(15-27)11-13-28(22(24)30)17-4-6-18(29)7-5-17/h8-9,14,16-18,29H,3-7,10-13,15H2,1-2H3,(H,26,31). The summed E-state index contributed by atoms with van der Waals surface area (Å²) in [5, 5.41) is 12.4. The van der Waals surface area contributed by atoms with Crippen molar-refractivity contribution >= 4 is 17.7 Å². The molecule has 1 spiro atoms. The van der Waals surface area contributed by atoms with Gasteiger partial charge in [-0.1, -0.05) is 0 Å². The van der Waals surface area contributed by atoms with Crippen molar-refractivity contribution in [2.75, 3.05) is 24.5 Å². The van der Waals surface area contributed by atoms with Gasteiger partial charge in [0.05, 0.1) is 17.2 Å². The summed E-state index contributed by atoms with van der Waals surface area (Å²) < 4.78 is 20.1. The second-order valence-electron chi connectivity index (χ2n) is 9.82. The fourth-order valence-corrected chi connectivity index (χ4v) is 5.46. The van der Waals surface area contributed by atoms with E-state index in [2.05, 4.69) is 5.32 Å². The van der Waals surface area contributed by atoms with E-state index in [9.17, 15) is 19.1 Å². The number of halogens is 1. The van der Waals surface area contributed by atoms with Gasteiger partial charge in [-0.3, -0.25) is 4.79 Å². The van der Waals surface area contributed by atoms with Crippen molar-refractivity contribution < 1.29 is 23.8 Å². The normalized spacial score (nSPS) is 28.5. The van der Waals surface area contributed by atoms with E-state index in [1.54, 1.807) is 12.1 Å². The number of carbonyl (C=O) groups is 2. The van der Waals surface area contributed by atoms with Crippen molar-refractivity contribution in [1.82, 2.24) is 10.2 Å². The third-order valence-electron chi connectivity index (χ3n) is 7.11. The maximum Gasteiger partial charge on any atom is 0.412 e. The van der Waals surface area contributed by atoms with Crippen LogP contribution in [0.15, 0.2) is 18.2 Å². The first-order chi connectivity index (χ1) is 15.3. The molecule has 2 N–H and O–H groups in total. The van der Waals surface area contributed by atoms with Crippen LogP contribution in [0.1, 0.15) is 58.8 Å². The van der Waals surface area contributed by atoms with Gasteiger partial charge in [0.1, 0.15) is 11.6 Å². The highest BCUT2D eigenvalue weighted by atomic mass is 19.1. The molecule has 3 fully saturated rings. The van der Waals surface area contributed by atoms with Gasteiger partial charge in [0.15, 0.2) is 0 Å². The minimum Gasteiger partial charge on any atom is -0.410 e. The number of benzene rings is 1. The number of carbonyl (C=O) groups excluding carboxylic acids is 2. The Morgan fingerprint density at radius 2 is 1.97 bits per heavy atom. The SMILES string of the molecule is CC(C)NC(=O)Oc1ccc(N2CCCC3(CCN(C4CCC(O)CC4)C3=O)C2)c(F)c1. The molecule has 2 amide bonds. The van der Waals surface area contributed by atoms with Gasteiger partial charge in [0.2, 0.25) is 5.91 Å². The number of amides is 2. The van der Waals surface area contributed by atoms with Crippen molar-refractivity contribution in [2.45, 2.75) is 77.0 Å². The highest BCUT2D eigenvalue weighted by molar-refractivity contribution is 5.86. The molecule has 1 saturated carbocycles. The van der Waals surface area contributed by atoms with Gasteiger partial charge in [-0.25, -0.2) is 9.18 Å². The predicted molar refractivity (Wildman–Crippen MR) is 119 cm³/mol. The Labute approximate surface area is 188 Å². The summed E-state index contributed by atoms with van der Waals surface area (Å²) in [5.74, 6) is -0.117. The molecule has 3 aliphatic rings. The van der Waals surface area contributed by atoms with Gasteiger partial charge in [-0.2, -0.15) is 0 Å². The Morgan fingerprint density at radius 3 is 2.66 bits per heavy atom. The van der Waals surface area contributed by atoms with Crippen LogP contribution in [0.25, 0.3) is 0 Å². The van der Waals surface area contributed by atoms with Gasteiger partial charge in [0.25, 0.3) is 0 Å². The second kappa shape index (κ2) is 9.25. The van der Waals surface area contributed by atoms with Crippen LogP contribution >= 0.6 is 0 Å². The summed E-state index contributed by atoms with van der Waals surface area (Å²) in [6, 6.07) is 4.60. The number of piperidine rings is 1. The largest absolute Gasteiger partial charge is 0.412 e. The average molecular weight is 448 g/mol. The highest BCUT2D eigenvalue weighted by Gasteiger charge is 2.50. The van der Waals surface area contributed by atoms with E-state index in [1.807, 2.05) is 23.6 Å². The molecule has 0 radical (unpaired) electrons. The number of aliphatic hydroxyl groups excluding tert-OH is 1. The summed E-state index contributed by atoms with van der Waals surface area (Å²) in [6.45, 7) is 5.58. The Morgan fingerprint density at radius 1 is 1.22 bits per heavy atom. The third kappa shape index (κ3) is 4.70. The van der Waals surface area contributed by atoms with Gasteiger partial charge >= 0.3 is 6.09 Å². The van der Waals surface area contributed by atoms with E-state index in [0.29, 0.717) is 18.8 Å². The van der Waals surface area contributed by atoms with Gasteiger partial charge in [-0.15, -0.1) is 0 Å². The molecule has 7 nitrogen and oxygen atoms in total. The monoisotopic (exact) mass is 447 g/mol. The van der Waals surface area contributed by atoms with Crippen molar-refractivity contribution in [3.05, 3.63) is 24.0 Å². The highest BCUT2D eigenvalue weighted by Crippen LogP contribution is 2.44.